The average Bonchev–Trinajstić information content (AvgIpc) is 2.82. The second kappa shape index (κ2) is 3.28. The zero-order valence-corrected chi connectivity index (χ0v) is 8.20. The molecule has 3 nitrogen and oxygen atoms in total. The van der Waals surface area contributed by atoms with E-state index in [9.17, 15) is 0 Å². The van der Waals surface area contributed by atoms with E-state index in [-0.39, 0.29) is 0 Å². The molecule has 1 aliphatic rings. The first-order valence-corrected chi connectivity index (χ1v) is 4.97. The van der Waals surface area contributed by atoms with Gasteiger partial charge < -0.3 is 5.32 Å². The maximum Gasteiger partial charge on any atom is 0.0656 e. The molecule has 0 saturated heterocycles. The summed E-state index contributed by atoms with van der Waals surface area (Å²) in [5.41, 5.74) is 4.88. The van der Waals surface area contributed by atoms with Crippen LogP contribution in [-0.4, -0.2) is 10.2 Å². The fourth-order valence-corrected chi connectivity index (χ4v) is 1.92. The second-order valence-corrected chi connectivity index (χ2v) is 3.56. The summed E-state index contributed by atoms with van der Waals surface area (Å²) in [6.07, 6.45) is 5.87. The summed E-state index contributed by atoms with van der Waals surface area (Å²) in [5.74, 6) is 0. The second-order valence-electron chi connectivity index (χ2n) is 3.56. The van der Waals surface area contributed by atoms with Crippen LogP contribution in [0.25, 0.3) is 17.3 Å². The number of fused-ring (bicyclic) bond motifs is 1. The third kappa shape index (κ3) is 1.32. The van der Waals surface area contributed by atoms with Crippen LogP contribution < -0.4 is 5.32 Å². The van der Waals surface area contributed by atoms with Crippen LogP contribution in [0.1, 0.15) is 11.1 Å². The fraction of sp³-hybridized carbons (Fsp3) is 0.0833. The van der Waals surface area contributed by atoms with Crippen molar-refractivity contribution in [2.24, 2.45) is 0 Å². The van der Waals surface area contributed by atoms with Crippen molar-refractivity contribution in [3.63, 3.8) is 0 Å². The minimum atomic E-state index is 0.897. The number of benzene rings is 1. The molecule has 1 aliphatic heterocycles. The van der Waals surface area contributed by atoms with Gasteiger partial charge in [0.2, 0.25) is 0 Å². The van der Waals surface area contributed by atoms with E-state index < -0.39 is 0 Å². The highest BCUT2D eigenvalue weighted by Gasteiger charge is 2.10. The summed E-state index contributed by atoms with van der Waals surface area (Å²) in [5, 5.41) is 10.2. The predicted octanol–water partition coefficient (Wildman–Crippen LogP) is 2.15. The highest BCUT2D eigenvalue weighted by Crippen LogP contribution is 2.27. The van der Waals surface area contributed by atoms with E-state index in [0.29, 0.717) is 0 Å². The number of hydrogen-bond acceptors (Lipinski definition) is 2. The van der Waals surface area contributed by atoms with Crippen molar-refractivity contribution in [1.82, 2.24) is 15.5 Å². The van der Waals surface area contributed by atoms with Gasteiger partial charge in [-0.3, -0.25) is 5.10 Å². The lowest BCUT2D eigenvalue weighted by molar-refractivity contribution is 0.859. The lowest BCUT2D eigenvalue weighted by atomic mass is 9.97. The Morgan fingerprint density at radius 3 is 3.07 bits per heavy atom. The van der Waals surface area contributed by atoms with Gasteiger partial charge in [-0.25, -0.2) is 0 Å². The standard InChI is InChI=1S/C12H11N3/c1-2-9-8-13-6-4-10(9)11(3-1)12-5-7-14-15-12/h1-7,13H,8H2,(H,14,15). The molecule has 2 heterocycles. The topological polar surface area (TPSA) is 40.7 Å². The first kappa shape index (κ1) is 8.29. The molecule has 0 unspecified atom stereocenters. The van der Waals surface area contributed by atoms with Crippen LogP contribution in [0.15, 0.2) is 36.7 Å². The Morgan fingerprint density at radius 2 is 2.20 bits per heavy atom. The summed E-state index contributed by atoms with van der Waals surface area (Å²) < 4.78 is 0. The molecule has 3 heteroatoms. The molecule has 0 amide bonds. The lowest BCUT2D eigenvalue weighted by Gasteiger charge is -2.14. The zero-order chi connectivity index (χ0) is 10.1. The molecule has 74 valence electrons. The van der Waals surface area contributed by atoms with Gasteiger partial charge in [0.25, 0.3) is 0 Å². The van der Waals surface area contributed by atoms with Gasteiger partial charge in [0.15, 0.2) is 0 Å². The number of aromatic nitrogens is 2. The van der Waals surface area contributed by atoms with Crippen LogP contribution in [0.3, 0.4) is 0 Å². The van der Waals surface area contributed by atoms with Crippen molar-refractivity contribution in [3.8, 4) is 11.3 Å². The lowest BCUT2D eigenvalue weighted by Crippen LogP contribution is -2.10. The van der Waals surface area contributed by atoms with Gasteiger partial charge in [0, 0.05) is 18.3 Å². The zero-order valence-electron chi connectivity index (χ0n) is 8.20. The molecule has 0 aliphatic carbocycles. The third-order valence-electron chi connectivity index (χ3n) is 2.65. The van der Waals surface area contributed by atoms with Gasteiger partial charge in [-0.2, -0.15) is 5.10 Å². The number of hydrogen-bond donors (Lipinski definition) is 2. The van der Waals surface area contributed by atoms with E-state index >= 15 is 0 Å². The maximum absolute atomic E-state index is 3.98. The largest absolute Gasteiger partial charge is 0.387 e. The Labute approximate surface area is 87.8 Å². The number of nitrogens with one attached hydrogen (secondary N) is 2. The molecule has 0 fully saturated rings. The number of H-pyrrole nitrogens is 1. The van der Waals surface area contributed by atoms with E-state index in [0.717, 1.165) is 12.2 Å². The van der Waals surface area contributed by atoms with E-state index in [1.807, 2.05) is 12.3 Å². The Balaban J connectivity index is 2.21. The van der Waals surface area contributed by atoms with E-state index in [4.69, 9.17) is 0 Å². The fourth-order valence-electron chi connectivity index (χ4n) is 1.92. The van der Waals surface area contributed by atoms with Crippen LogP contribution in [-0.2, 0) is 6.54 Å². The minimum Gasteiger partial charge on any atom is -0.387 e. The number of aromatic amines is 1. The van der Waals surface area contributed by atoms with Crippen LogP contribution >= 0.6 is 0 Å². The Bertz CT molecular complexity index is 498. The van der Waals surface area contributed by atoms with Gasteiger partial charge in [-0.15, -0.1) is 0 Å². The average molecular weight is 197 g/mol. The van der Waals surface area contributed by atoms with Crippen molar-refractivity contribution >= 4 is 6.08 Å². The molecule has 0 bridgehead atoms. The first-order chi connectivity index (χ1) is 7.45. The summed E-state index contributed by atoms with van der Waals surface area (Å²) in [6, 6.07) is 8.33. The molecule has 1 aromatic heterocycles. The third-order valence-corrected chi connectivity index (χ3v) is 2.65. The van der Waals surface area contributed by atoms with Crippen molar-refractivity contribution in [2.45, 2.75) is 6.54 Å². The van der Waals surface area contributed by atoms with Crippen molar-refractivity contribution in [2.75, 3.05) is 0 Å². The van der Waals surface area contributed by atoms with Crippen molar-refractivity contribution < 1.29 is 0 Å². The summed E-state index contributed by atoms with van der Waals surface area (Å²) in [6.45, 7) is 0.897. The highest BCUT2D eigenvalue weighted by atomic mass is 15.1. The molecular formula is C12H11N3. The predicted molar refractivity (Wildman–Crippen MR) is 59.9 cm³/mol. The number of nitrogens with zero attached hydrogens (tertiary/aromatic N) is 1. The highest BCUT2D eigenvalue weighted by molar-refractivity contribution is 5.75. The maximum atomic E-state index is 3.98. The quantitative estimate of drug-likeness (QED) is 0.735. The molecular weight excluding hydrogens is 186 g/mol. The monoisotopic (exact) mass is 197 g/mol. The van der Waals surface area contributed by atoms with E-state index in [1.54, 1.807) is 6.20 Å². The molecule has 3 rings (SSSR count). The molecule has 0 radical (unpaired) electrons. The van der Waals surface area contributed by atoms with Crippen LogP contribution in [0.2, 0.25) is 0 Å². The van der Waals surface area contributed by atoms with Gasteiger partial charge in [-0.1, -0.05) is 18.2 Å². The summed E-state index contributed by atoms with van der Waals surface area (Å²) in [4.78, 5) is 0. The van der Waals surface area contributed by atoms with Gasteiger partial charge in [0.1, 0.15) is 0 Å². The normalized spacial score (nSPS) is 13.3. The Morgan fingerprint density at radius 1 is 1.20 bits per heavy atom. The van der Waals surface area contributed by atoms with Crippen molar-refractivity contribution in [1.29, 1.82) is 0 Å². The number of rotatable bonds is 1. The van der Waals surface area contributed by atoms with Crippen LogP contribution in [0, 0.1) is 0 Å². The smallest absolute Gasteiger partial charge is 0.0656 e. The van der Waals surface area contributed by atoms with Crippen LogP contribution in [0.4, 0.5) is 0 Å². The summed E-state index contributed by atoms with van der Waals surface area (Å²) in [7, 11) is 0. The van der Waals surface area contributed by atoms with Gasteiger partial charge >= 0.3 is 0 Å². The molecule has 15 heavy (non-hydrogen) atoms. The Hall–Kier alpha value is -2.03. The molecule has 1 aromatic carbocycles. The van der Waals surface area contributed by atoms with Crippen LogP contribution in [0.5, 0.6) is 0 Å². The van der Waals surface area contributed by atoms with Gasteiger partial charge in [0.05, 0.1) is 5.69 Å². The molecule has 2 N–H and O–H groups in total. The molecule has 0 saturated carbocycles. The molecule has 2 aromatic rings. The minimum absolute atomic E-state index is 0.897. The first-order valence-electron chi connectivity index (χ1n) is 4.97. The van der Waals surface area contributed by atoms with Crippen molar-refractivity contribution in [3.05, 3.63) is 47.8 Å². The van der Waals surface area contributed by atoms with E-state index in [1.165, 1.54) is 16.7 Å². The van der Waals surface area contributed by atoms with E-state index in [2.05, 4.69) is 39.8 Å². The summed E-state index contributed by atoms with van der Waals surface area (Å²) >= 11 is 0. The van der Waals surface area contributed by atoms with Gasteiger partial charge in [-0.05, 0) is 29.5 Å². The molecule has 0 spiro atoms. The molecule has 0 atom stereocenters. The SMILES string of the molecule is C1=Cc2c(cccc2-c2ccn[nH]2)CN1. The Kier molecular flexibility index (Phi) is 1.81.